The smallest absolute Gasteiger partial charge is 0.462 e. The van der Waals surface area contributed by atoms with Crippen LogP contribution in [0.15, 0.2) is 48.6 Å². The zero-order valence-corrected chi connectivity index (χ0v) is 39.6. The third-order valence-electron chi connectivity index (χ3n) is 10.9. The number of hydrogen-bond donors (Lipinski definition) is 4. The highest BCUT2D eigenvalue weighted by Crippen LogP contribution is 2.43. The molecule has 1 rings (SSSR count). The molecule has 0 aromatic rings. The van der Waals surface area contributed by atoms with E-state index in [-0.39, 0.29) is 37.9 Å². The second-order valence-corrected chi connectivity index (χ2v) is 19.2. The van der Waals surface area contributed by atoms with Crippen LogP contribution in [-0.4, -0.2) is 109 Å². The molecule has 0 spiro atoms. The first-order valence-electron chi connectivity index (χ1n) is 23.6. The van der Waals surface area contributed by atoms with Crippen LogP contribution in [0.25, 0.3) is 0 Å². The molecule has 0 bridgehead atoms. The average molecular weight is 885 g/mol. The van der Waals surface area contributed by atoms with Gasteiger partial charge in [-0.2, -0.15) is 0 Å². The average Bonchev–Trinajstić information content (AvgIpc) is 3.47. The van der Waals surface area contributed by atoms with Gasteiger partial charge in [0.1, 0.15) is 19.8 Å². The van der Waals surface area contributed by atoms with Gasteiger partial charge in [-0.1, -0.05) is 127 Å². The number of carbonyl (C=O) groups excluding carboxylic acids is 2. The highest BCUT2D eigenvalue weighted by molar-refractivity contribution is 7.47. The summed E-state index contributed by atoms with van der Waals surface area (Å²) in [5.74, 6) is -1.24. The number of likely N-dealkylation sites (N-methyl/N-ethyl adjacent to an activating group) is 1. The van der Waals surface area contributed by atoms with Crippen LogP contribution in [0.2, 0.25) is 0 Å². The third kappa shape index (κ3) is 32.2. The molecule has 1 aliphatic rings. The number of phosphoric ester groups is 1. The molecule has 7 atom stereocenters. The lowest BCUT2D eigenvalue weighted by Crippen LogP contribution is -2.37. The number of allylic oxidation sites excluding steroid dienone is 6. The lowest BCUT2D eigenvalue weighted by atomic mass is 9.88. The largest absolute Gasteiger partial charge is 0.472 e. The Bertz CT molecular complexity index is 1300. The minimum atomic E-state index is -4.44. The topological polar surface area (TPSA) is 169 Å². The van der Waals surface area contributed by atoms with E-state index in [1.807, 2.05) is 27.2 Å². The van der Waals surface area contributed by atoms with Gasteiger partial charge >= 0.3 is 19.8 Å². The van der Waals surface area contributed by atoms with Gasteiger partial charge in [-0.05, 0) is 70.1 Å². The van der Waals surface area contributed by atoms with Gasteiger partial charge in [0.2, 0.25) is 0 Å². The van der Waals surface area contributed by atoms with E-state index in [2.05, 4.69) is 50.3 Å². The summed E-state index contributed by atoms with van der Waals surface area (Å²) in [4.78, 5) is 35.6. The zero-order chi connectivity index (χ0) is 45.2. The Morgan fingerprint density at radius 2 is 1.30 bits per heavy atom. The number of quaternary nitrogens is 1. The summed E-state index contributed by atoms with van der Waals surface area (Å²) in [6.45, 7) is 4.02. The van der Waals surface area contributed by atoms with E-state index in [0.717, 1.165) is 89.9 Å². The van der Waals surface area contributed by atoms with Crippen LogP contribution in [-0.2, 0) is 32.7 Å². The maximum atomic E-state index is 12.8. The molecule has 1 unspecified atom stereocenters. The first kappa shape index (κ1) is 56.9. The van der Waals surface area contributed by atoms with Crippen molar-refractivity contribution in [3.05, 3.63) is 48.6 Å². The zero-order valence-electron chi connectivity index (χ0n) is 38.7. The third-order valence-corrected chi connectivity index (χ3v) is 11.9. The van der Waals surface area contributed by atoms with Crippen LogP contribution in [0.1, 0.15) is 162 Å². The van der Waals surface area contributed by atoms with Crippen molar-refractivity contribution < 1.29 is 57.4 Å². The van der Waals surface area contributed by atoms with Gasteiger partial charge in [0.15, 0.2) is 6.10 Å². The summed E-state index contributed by atoms with van der Waals surface area (Å²) in [6.07, 6.45) is 33.6. The molecule has 0 heterocycles. The maximum absolute atomic E-state index is 12.8. The van der Waals surface area contributed by atoms with E-state index in [1.165, 1.54) is 19.3 Å². The summed E-state index contributed by atoms with van der Waals surface area (Å²) < 4.78 is 34.3. The van der Waals surface area contributed by atoms with Gasteiger partial charge in [0.25, 0.3) is 0 Å². The number of esters is 2. The molecule has 1 fully saturated rings. The van der Waals surface area contributed by atoms with E-state index in [4.69, 9.17) is 18.5 Å². The Balaban J connectivity index is 2.46. The van der Waals surface area contributed by atoms with Gasteiger partial charge in [0.05, 0.1) is 46.1 Å². The van der Waals surface area contributed by atoms with Crippen molar-refractivity contribution in [2.24, 2.45) is 11.8 Å². The Kier molecular flexibility index (Phi) is 32.8. The van der Waals surface area contributed by atoms with E-state index < -0.39 is 50.8 Å². The number of carbonyl (C=O) groups is 2. The number of rotatable bonds is 38. The number of phosphoric acid groups is 1. The lowest BCUT2D eigenvalue weighted by molar-refractivity contribution is -0.870. The molecule has 354 valence electrons. The quantitative estimate of drug-likeness (QED) is 0.0153. The van der Waals surface area contributed by atoms with Crippen molar-refractivity contribution in [1.82, 2.24) is 0 Å². The fraction of sp³-hybridized carbons (Fsp3) is 0.792. The predicted octanol–water partition coefficient (Wildman–Crippen LogP) is 9.85. The van der Waals surface area contributed by atoms with Crippen molar-refractivity contribution in [1.29, 1.82) is 0 Å². The standard InChI is InChI=1S/C48H86NO11P/c1-6-8-10-11-12-13-14-15-16-17-18-19-20-21-22-23-29-33-48(54)60-42(40-59-61(55,56)58-37-36-49(3,4)5)39-57-47(53)32-28-25-24-27-31-43-44(46(52)38-45(43)51)35-34-41(50)30-26-9-7-2/h12-13,15-16,18-19,34-35,41-46,50-52H,6-11,14,17,20-33,36-40H2,1-5H3/p+1/b13-12-,16-15-,19-18-,35-34+/t41-,42+,43+,44+,45-,46+/m0/s1. The number of aliphatic hydroxyl groups is 3. The fourth-order valence-corrected chi connectivity index (χ4v) is 7.92. The first-order chi connectivity index (χ1) is 29.2. The van der Waals surface area contributed by atoms with Crippen LogP contribution < -0.4 is 0 Å². The summed E-state index contributed by atoms with van der Waals surface area (Å²) in [5.41, 5.74) is 0. The molecule has 1 saturated carbocycles. The van der Waals surface area contributed by atoms with Gasteiger partial charge in [-0.15, -0.1) is 0 Å². The van der Waals surface area contributed by atoms with Crippen molar-refractivity contribution in [3.8, 4) is 0 Å². The summed E-state index contributed by atoms with van der Waals surface area (Å²) in [5, 5.41) is 31.4. The lowest BCUT2D eigenvalue weighted by Gasteiger charge is -2.24. The molecule has 0 aromatic heterocycles. The van der Waals surface area contributed by atoms with Crippen LogP contribution in [0, 0.1) is 11.8 Å². The Morgan fingerprint density at radius 3 is 1.93 bits per heavy atom. The number of nitrogens with zero attached hydrogens (tertiary/aromatic N) is 1. The number of aliphatic hydroxyl groups excluding tert-OH is 3. The summed E-state index contributed by atoms with van der Waals surface area (Å²) >= 11 is 0. The molecule has 61 heavy (non-hydrogen) atoms. The normalized spacial score (nSPS) is 20.6. The number of ether oxygens (including phenoxy) is 2. The van der Waals surface area contributed by atoms with E-state index in [0.29, 0.717) is 36.7 Å². The molecular formula is C48H87NO11P+. The second-order valence-electron chi connectivity index (χ2n) is 17.8. The highest BCUT2D eigenvalue weighted by Gasteiger charge is 2.39. The fourth-order valence-electron chi connectivity index (χ4n) is 7.17. The van der Waals surface area contributed by atoms with Gasteiger partial charge in [-0.25, -0.2) is 4.57 Å². The number of unbranched alkanes of at least 4 members (excludes halogenated alkanes) is 12. The van der Waals surface area contributed by atoms with E-state index in [1.54, 1.807) is 6.08 Å². The second kappa shape index (κ2) is 35.2. The molecule has 1 aliphatic carbocycles. The first-order valence-corrected chi connectivity index (χ1v) is 25.1. The molecule has 13 heteroatoms. The number of hydrogen-bond acceptors (Lipinski definition) is 10. The molecule has 0 saturated heterocycles. The molecule has 4 N–H and O–H groups in total. The van der Waals surface area contributed by atoms with Crippen LogP contribution in [0.5, 0.6) is 0 Å². The van der Waals surface area contributed by atoms with Crippen molar-refractivity contribution in [2.45, 2.75) is 186 Å². The van der Waals surface area contributed by atoms with Gasteiger partial charge in [0, 0.05) is 25.2 Å². The molecule has 0 amide bonds. The molecule has 0 aromatic carbocycles. The minimum Gasteiger partial charge on any atom is -0.462 e. The monoisotopic (exact) mass is 885 g/mol. The highest BCUT2D eigenvalue weighted by atomic mass is 31.2. The SMILES string of the molecule is CCCCC/C=C\C/C=C\C/C=C\CCCCCCC(=O)O[C@H](COC(=O)CCCCCC[C@@H]1[C@@H](/C=C/[C@@H](O)CCCCC)[C@H](O)C[C@@H]1O)COP(=O)(O)OCC[N+](C)(C)C. The Morgan fingerprint density at radius 1 is 0.721 bits per heavy atom. The molecule has 12 nitrogen and oxygen atoms in total. The summed E-state index contributed by atoms with van der Waals surface area (Å²) in [7, 11) is 1.34. The van der Waals surface area contributed by atoms with Crippen LogP contribution in [0.3, 0.4) is 0 Å². The molecular weight excluding hydrogens is 797 g/mol. The van der Waals surface area contributed by atoms with Crippen molar-refractivity contribution >= 4 is 19.8 Å². The van der Waals surface area contributed by atoms with Crippen molar-refractivity contribution in [2.75, 3.05) is 47.5 Å². The molecule has 0 aliphatic heterocycles. The molecule has 0 radical (unpaired) electrons. The predicted molar refractivity (Wildman–Crippen MR) is 245 cm³/mol. The Labute approximate surface area is 370 Å². The van der Waals surface area contributed by atoms with Crippen molar-refractivity contribution in [3.63, 3.8) is 0 Å². The minimum absolute atomic E-state index is 0.00910. The van der Waals surface area contributed by atoms with Gasteiger partial charge in [-0.3, -0.25) is 18.6 Å². The Hall–Kier alpha value is -2.15. The summed E-state index contributed by atoms with van der Waals surface area (Å²) in [6, 6.07) is 0. The van der Waals surface area contributed by atoms with E-state index >= 15 is 0 Å². The van der Waals surface area contributed by atoms with E-state index in [9.17, 15) is 34.4 Å². The van der Waals surface area contributed by atoms with Crippen LogP contribution >= 0.6 is 7.82 Å². The van der Waals surface area contributed by atoms with Gasteiger partial charge < -0.3 is 34.2 Å². The maximum Gasteiger partial charge on any atom is 0.472 e. The van der Waals surface area contributed by atoms with Crippen LogP contribution in [0.4, 0.5) is 0 Å².